The molecule has 3 aromatic rings. The van der Waals surface area contributed by atoms with Crippen LogP contribution in [0, 0.1) is 0 Å². The number of amides is 1. The van der Waals surface area contributed by atoms with E-state index >= 15 is 0 Å². The predicted octanol–water partition coefficient (Wildman–Crippen LogP) is 4.18. The standard InChI is InChI=1S/C23H22ClF3N4O4S/c1-29-19-18(20(33)30(22(29)34)10-3-11-32)31(13-14-6-8-15(24)9-7-14)21(28-19)36-17-5-2-4-16(12-17)35-23(25,26)27/h2,4-9,12,22,32,34H,3,10-11,13H2,1H3. The van der Waals surface area contributed by atoms with Gasteiger partial charge in [-0.3, -0.25) is 9.69 Å². The number of carbonyl (C=O) groups excluding carboxylic acids is 1. The zero-order chi connectivity index (χ0) is 26.0. The summed E-state index contributed by atoms with van der Waals surface area (Å²) >= 11 is 7.06. The molecule has 1 aromatic heterocycles. The van der Waals surface area contributed by atoms with Crippen LogP contribution in [-0.2, 0) is 6.54 Å². The summed E-state index contributed by atoms with van der Waals surface area (Å²) in [6, 6.07) is 12.4. The maximum Gasteiger partial charge on any atom is 0.573 e. The Morgan fingerprint density at radius 2 is 1.92 bits per heavy atom. The van der Waals surface area contributed by atoms with Crippen molar-refractivity contribution in [3.05, 3.63) is 64.8 Å². The molecule has 0 saturated carbocycles. The van der Waals surface area contributed by atoms with Gasteiger partial charge in [-0.15, -0.1) is 13.2 Å². The molecule has 0 bridgehead atoms. The first-order valence-corrected chi connectivity index (χ1v) is 12.0. The zero-order valence-corrected chi connectivity index (χ0v) is 20.5. The van der Waals surface area contributed by atoms with Crippen LogP contribution in [0.5, 0.6) is 5.75 Å². The molecule has 1 aliphatic rings. The molecular formula is C23H22ClF3N4O4S. The van der Waals surface area contributed by atoms with Crippen molar-refractivity contribution < 1.29 is 32.9 Å². The van der Waals surface area contributed by atoms with Crippen molar-refractivity contribution in [2.45, 2.75) is 35.7 Å². The largest absolute Gasteiger partial charge is 0.573 e. The number of fused-ring (bicyclic) bond motifs is 1. The fourth-order valence-corrected chi connectivity index (χ4v) is 4.79. The van der Waals surface area contributed by atoms with E-state index in [1.165, 1.54) is 28.0 Å². The maximum absolute atomic E-state index is 13.4. The average molecular weight is 543 g/mol. The molecule has 0 fully saturated rings. The fourth-order valence-electron chi connectivity index (χ4n) is 3.73. The molecule has 192 valence electrons. The minimum absolute atomic E-state index is 0.117. The number of aliphatic hydroxyl groups excluding tert-OH is 2. The molecule has 2 heterocycles. The van der Waals surface area contributed by atoms with Crippen LogP contribution in [0.15, 0.2) is 58.6 Å². The summed E-state index contributed by atoms with van der Waals surface area (Å²) in [6.07, 6.45) is -5.86. The van der Waals surface area contributed by atoms with Crippen molar-refractivity contribution >= 4 is 35.1 Å². The summed E-state index contributed by atoms with van der Waals surface area (Å²) in [7, 11) is 1.58. The molecule has 4 rings (SSSR count). The molecule has 13 heteroatoms. The quantitative estimate of drug-likeness (QED) is 0.441. The Kier molecular flexibility index (Phi) is 7.69. The number of imidazole rings is 1. The summed E-state index contributed by atoms with van der Waals surface area (Å²) in [6.45, 7) is 0.171. The van der Waals surface area contributed by atoms with Gasteiger partial charge in [0.15, 0.2) is 16.7 Å². The number of anilines is 1. The van der Waals surface area contributed by atoms with Crippen molar-refractivity contribution in [3.8, 4) is 5.75 Å². The molecule has 2 N–H and O–H groups in total. The van der Waals surface area contributed by atoms with Gasteiger partial charge in [0.2, 0.25) is 6.35 Å². The highest BCUT2D eigenvalue weighted by atomic mass is 35.5. The van der Waals surface area contributed by atoms with E-state index in [1.807, 2.05) is 0 Å². The first-order valence-electron chi connectivity index (χ1n) is 10.8. The average Bonchev–Trinajstić information content (AvgIpc) is 3.16. The lowest BCUT2D eigenvalue weighted by Crippen LogP contribution is -2.54. The third-order valence-electron chi connectivity index (χ3n) is 5.40. The number of alkyl halides is 3. The van der Waals surface area contributed by atoms with E-state index in [0.29, 0.717) is 15.1 Å². The van der Waals surface area contributed by atoms with Crippen molar-refractivity contribution in [2.75, 3.05) is 25.1 Å². The molecule has 1 unspecified atom stereocenters. The van der Waals surface area contributed by atoms with Crippen LogP contribution < -0.4 is 9.64 Å². The van der Waals surface area contributed by atoms with Crippen LogP contribution in [0.3, 0.4) is 0 Å². The Bertz CT molecular complexity index is 1240. The maximum atomic E-state index is 13.4. The zero-order valence-electron chi connectivity index (χ0n) is 18.9. The Labute approximate surface area is 213 Å². The second kappa shape index (κ2) is 10.6. The SMILES string of the molecule is CN1c2nc(Sc3cccc(OC(F)(F)F)c3)n(Cc3ccc(Cl)cc3)c2C(=O)N(CCCO)C1O. The van der Waals surface area contributed by atoms with E-state index < -0.39 is 18.6 Å². The number of benzene rings is 2. The number of halogens is 4. The van der Waals surface area contributed by atoms with Crippen molar-refractivity contribution in [1.82, 2.24) is 14.5 Å². The second-order valence-corrected chi connectivity index (χ2v) is 9.41. The summed E-state index contributed by atoms with van der Waals surface area (Å²) in [4.78, 5) is 21.1. The van der Waals surface area contributed by atoms with Crippen LogP contribution >= 0.6 is 23.4 Å². The number of ether oxygens (including phenoxy) is 1. The highest BCUT2D eigenvalue weighted by molar-refractivity contribution is 7.99. The molecular weight excluding hydrogens is 521 g/mol. The van der Waals surface area contributed by atoms with E-state index in [4.69, 9.17) is 11.6 Å². The third-order valence-corrected chi connectivity index (χ3v) is 6.63. The van der Waals surface area contributed by atoms with Gasteiger partial charge in [-0.2, -0.15) is 0 Å². The molecule has 0 saturated heterocycles. The summed E-state index contributed by atoms with van der Waals surface area (Å²) in [5.41, 5.74) is 1.01. The van der Waals surface area contributed by atoms with Gasteiger partial charge in [-0.05, 0) is 42.3 Å². The first-order chi connectivity index (χ1) is 17.1. The highest BCUT2D eigenvalue weighted by Crippen LogP contribution is 2.38. The highest BCUT2D eigenvalue weighted by Gasteiger charge is 2.39. The van der Waals surface area contributed by atoms with E-state index in [2.05, 4.69) is 9.72 Å². The number of nitrogens with zero attached hydrogens (tertiary/aromatic N) is 4. The molecule has 0 spiro atoms. The molecule has 0 radical (unpaired) electrons. The first kappa shape index (κ1) is 26.1. The van der Waals surface area contributed by atoms with E-state index in [1.54, 1.807) is 41.9 Å². The lowest BCUT2D eigenvalue weighted by atomic mass is 10.2. The topological polar surface area (TPSA) is 91.1 Å². The minimum atomic E-state index is -4.83. The molecule has 1 atom stereocenters. The van der Waals surface area contributed by atoms with Crippen molar-refractivity contribution in [1.29, 1.82) is 0 Å². The second-order valence-electron chi connectivity index (χ2n) is 7.94. The van der Waals surface area contributed by atoms with Gasteiger partial charge in [0, 0.05) is 30.1 Å². The lowest BCUT2D eigenvalue weighted by Gasteiger charge is -2.38. The molecule has 0 aliphatic carbocycles. The Balaban J connectivity index is 1.76. The van der Waals surface area contributed by atoms with Gasteiger partial charge >= 0.3 is 6.36 Å². The smallest absolute Gasteiger partial charge is 0.406 e. The Hall–Kier alpha value is -2.93. The lowest BCUT2D eigenvalue weighted by molar-refractivity contribution is -0.274. The molecule has 2 aromatic carbocycles. The Morgan fingerprint density at radius 3 is 2.58 bits per heavy atom. The van der Waals surface area contributed by atoms with Crippen molar-refractivity contribution in [3.63, 3.8) is 0 Å². The van der Waals surface area contributed by atoms with E-state index in [9.17, 15) is 28.2 Å². The van der Waals surface area contributed by atoms with E-state index in [0.717, 1.165) is 17.3 Å². The summed E-state index contributed by atoms with van der Waals surface area (Å²) in [5, 5.41) is 20.8. The minimum Gasteiger partial charge on any atom is -0.406 e. The molecule has 1 aliphatic heterocycles. The number of carbonyl (C=O) groups is 1. The van der Waals surface area contributed by atoms with Crippen LogP contribution in [0.4, 0.5) is 19.0 Å². The van der Waals surface area contributed by atoms with Gasteiger partial charge in [-0.25, -0.2) is 4.98 Å². The molecule has 8 nitrogen and oxygen atoms in total. The van der Waals surface area contributed by atoms with Gasteiger partial charge < -0.3 is 24.4 Å². The number of aliphatic hydroxyl groups is 2. The van der Waals surface area contributed by atoms with Crippen LogP contribution in [-0.4, -0.2) is 63.5 Å². The molecule has 1 amide bonds. The normalized spacial score (nSPS) is 15.9. The summed E-state index contributed by atoms with van der Waals surface area (Å²) < 4.78 is 43.8. The third kappa shape index (κ3) is 5.72. The Morgan fingerprint density at radius 1 is 1.19 bits per heavy atom. The fraction of sp³-hybridized carbons (Fsp3) is 0.304. The molecule has 36 heavy (non-hydrogen) atoms. The van der Waals surface area contributed by atoms with Crippen LogP contribution in [0.1, 0.15) is 22.5 Å². The number of hydrogen-bond acceptors (Lipinski definition) is 7. The van der Waals surface area contributed by atoms with Gasteiger partial charge in [0.1, 0.15) is 5.75 Å². The summed E-state index contributed by atoms with van der Waals surface area (Å²) in [5.74, 6) is -0.634. The predicted molar refractivity (Wildman–Crippen MR) is 127 cm³/mol. The van der Waals surface area contributed by atoms with Crippen LogP contribution in [0.25, 0.3) is 0 Å². The van der Waals surface area contributed by atoms with Gasteiger partial charge in [0.05, 0.1) is 6.54 Å². The van der Waals surface area contributed by atoms with Gasteiger partial charge in [-0.1, -0.05) is 41.6 Å². The van der Waals surface area contributed by atoms with Crippen LogP contribution in [0.2, 0.25) is 5.02 Å². The number of rotatable bonds is 8. The van der Waals surface area contributed by atoms with Gasteiger partial charge in [0.25, 0.3) is 5.91 Å². The number of aromatic nitrogens is 2. The van der Waals surface area contributed by atoms with Crippen molar-refractivity contribution in [2.24, 2.45) is 0 Å². The number of hydrogen-bond donors (Lipinski definition) is 2. The monoisotopic (exact) mass is 542 g/mol. The van der Waals surface area contributed by atoms with E-state index in [-0.39, 0.29) is 43.4 Å².